The number of fused-ring (bicyclic) bond motifs is 2. The average molecular weight is 456 g/mol. The first-order valence-corrected chi connectivity index (χ1v) is 11.1. The van der Waals surface area contributed by atoms with Crippen molar-refractivity contribution in [2.24, 2.45) is 11.4 Å². The van der Waals surface area contributed by atoms with Crippen molar-refractivity contribution in [2.75, 3.05) is 17.2 Å². The van der Waals surface area contributed by atoms with Crippen molar-refractivity contribution in [3.05, 3.63) is 64.3 Å². The second-order valence-electron chi connectivity index (χ2n) is 6.99. The van der Waals surface area contributed by atoms with E-state index in [9.17, 15) is 18.0 Å². The van der Waals surface area contributed by atoms with Gasteiger partial charge in [-0.25, -0.2) is 9.59 Å². The zero-order valence-corrected chi connectivity index (χ0v) is 18.3. The molecular formula is C21H20N4O6S. The van der Waals surface area contributed by atoms with Crippen molar-refractivity contribution in [3.8, 4) is 0 Å². The molecule has 0 saturated carbocycles. The summed E-state index contributed by atoms with van der Waals surface area (Å²) in [5.74, 6) is -1.53. The van der Waals surface area contributed by atoms with Crippen LogP contribution in [-0.2, 0) is 26.6 Å². The predicted molar refractivity (Wildman–Crippen MR) is 119 cm³/mol. The minimum atomic E-state index is -4.29. The molecule has 0 unspecified atom stereocenters. The lowest BCUT2D eigenvalue weighted by molar-refractivity contribution is -0.137. The van der Waals surface area contributed by atoms with Gasteiger partial charge in [0.1, 0.15) is 5.57 Å². The molecule has 1 aliphatic rings. The van der Waals surface area contributed by atoms with E-state index in [1.165, 1.54) is 29.8 Å². The van der Waals surface area contributed by atoms with Crippen molar-refractivity contribution in [2.45, 2.75) is 18.7 Å². The van der Waals surface area contributed by atoms with Crippen LogP contribution >= 0.6 is 0 Å². The molecule has 4 rings (SSSR count). The van der Waals surface area contributed by atoms with E-state index in [0.717, 1.165) is 0 Å². The number of esters is 1. The molecule has 0 atom stereocenters. The number of aromatic nitrogens is 1. The van der Waals surface area contributed by atoms with E-state index in [1.807, 2.05) is 0 Å². The summed E-state index contributed by atoms with van der Waals surface area (Å²) in [7, 11) is -2.78. The molecule has 0 spiro atoms. The van der Waals surface area contributed by atoms with Crippen LogP contribution in [0.4, 0.5) is 11.4 Å². The molecule has 2 aromatic carbocycles. The number of nitrogens with one attached hydrogen (secondary N) is 2. The smallest absolute Gasteiger partial charge is 0.419 e. The van der Waals surface area contributed by atoms with Gasteiger partial charge in [0.25, 0.3) is 10.0 Å². The van der Waals surface area contributed by atoms with Crippen LogP contribution in [0.1, 0.15) is 13.8 Å². The van der Waals surface area contributed by atoms with E-state index in [2.05, 4.69) is 15.0 Å². The Bertz CT molecular complexity index is 1460. The second-order valence-corrected chi connectivity index (χ2v) is 8.59. The largest absolute Gasteiger partial charge is 0.462 e. The Hall–Kier alpha value is -3.86. The first kappa shape index (κ1) is 21.4. The fourth-order valence-electron chi connectivity index (χ4n) is 3.30. The number of benzene rings is 2. The van der Waals surface area contributed by atoms with Crippen LogP contribution in [0.5, 0.6) is 0 Å². The molecule has 10 nitrogen and oxygen atoms in total. The van der Waals surface area contributed by atoms with Gasteiger partial charge in [0.05, 0.1) is 28.4 Å². The topological polar surface area (TPSA) is 132 Å². The Morgan fingerprint density at radius 2 is 1.84 bits per heavy atom. The van der Waals surface area contributed by atoms with Gasteiger partial charge in [-0.1, -0.05) is 12.1 Å². The maximum absolute atomic E-state index is 13.1. The molecule has 2 heterocycles. The molecule has 11 heteroatoms. The second kappa shape index (κ2) is 8.00. The van der Waals surface area contributed by atoms with Gasteiger partial charge >= 0.3 is 11.7 Å². The van der Waals surface area contributed by atoms with Gasteiger partial charge in [-0.3, -0.25) is 4.57 Å². The van der Waals surface area contributed by atoms with Crippen LogP contribution in [0.25, 0.3) is 11.1 Å². The monoisotopic (exact) mass is 456 g/mol. The number of rotatable bonds is 4. The fourth-order valence-corrected chi connectivity index (χ4v) is 4.28. The summed E-state index contributed by atoms with van der Waals surface area (Å²) >= 11 is 0. The highest BCUT2D eigenvalue weighted by Crippen LogP contribution is 2.29. The Morgan fingerprint density at radius 1 is 1.16 bits per heavy atom. The van der Waals surface area contributed by atoms with Crippen molar-refractivity contribution in [3.63, 3.8) is 0 Å². The number of nitrogens with zero attached hydrogens (tertiary/aromatic N) is 2. The molecule has 0 aliphatic carbocycles. The van der Waals surface area contributed by atoms with Crippen molar-refractivity contribution < 1.29 is 22.4 Å². The lowest BCUT2D eigenvalue weighted by Crippen LogP contribution is -2.25. The number of anilines is 2. The number of hydrogen-bond donors (Lipinski definition) is 2. The summed E-state index contributed by atoms with van der Waals surface area (Å²) in [6, 6.07) is 11.0. The number of hydrogen-bond acceptors (Lipinski definition) is 7. The van der Waals surface area contributed by atoms with E-state index < -0.39 is 21.7 Å². The molecule has 1 aliphatic heterocycles. The van der Waals surface area contributed by atoms with Gasteiger partial charge < -0.3 is 19.8 Å². The zero-order valence-electron chi connectivity index (χ0n) is 17.5. The number of carbonyl (C=O) groups is 1. The lowest BCUT2D eigenvalue weighted by atomic mass is 10.2. The Balaban J connectivity index is 1.87. The van der Waals surface area contributed by atoms with Gasteiger partial charge in [0.15, 0.2) is 11.4 Å². The highest BCUT2D eigenvalue weighted by Gasteiger charge is 2.28. The minimum absolute atomic E-state index is 0.0426. The van der Waals surface area contributed by atoms with E-state index in [1.54, 1.807) is 38.1 Å². The maximum atomic E-state index is 13.1. The quantitative estimate of drug-likeness (QED) is 0.573. The zero-order chi connectivity index (χ0) is 23.0. The normalized spacial score (nSPS) is 15.2. The Morgan fingerprint density at radius 3 is 2.53 bits per heavy atom. The molecule has 0 bridgehead atoms. The van der Waals surface area contributed by atoms with Crippen LogP contribution < -0.4 is 16.4 Å². The average Bonchev–Trinajstić information content (AvgIpc) is 2.94. The van der Waals surface area contributed by atoms with E-state index in [0.29, 0.717) is 22.6 Å². The molecule has 3 aromatic rings. The molecule has 2 N–H and O–H groups in total. The Labute approximate surface area is 183 Å². The lowest BCUT2D eigenvalue weighted by Gasteiger charge is -2.12. The van der Waals surface area contributed by atoms with Gasteiger partial charge in [-0.2, -0.15) is 8.42 Å². The van der Waals surface area contributed by atoms with Crippen LogP contribution in [0.15, 0.2) is 72.2 Å². The van der Waals surface area contributed by atoms with Gasteiger partial charge in [-0.05, 0) is 38.1 Å². The third-order valence-electron chi connectivity index (χ3n) is 4.87. The van der Waals surface area contributed by atoms with Gasteiger partial charge in [-0.15, -0.1) is 4.40 Å². The first-order valence-electron chi connectivity index (χ1n) is 9.67. The fraction of sp³-hybridized carbons (Fsp3) is 0.190. The maximum Gasteiger partial charge on any atom is 0.419 e. The number of oxazole rings is 1. The molecular weight excluding hydrogens is 436 g/mol. The molecule has 0 fully saturated rings. The summed E-state index contributed by atoms with van der Waals surface area (Å²) in [6.07, 6.45) is 0. The first-order chi connectivity index (χ1) is 15.2. The number of aryl methyl sites for hydroxylation is 1. The standard InChI is InChI=1S/C21H20N4O6S/c1-4-30-20(26)18-12(2)22-14-7-5-6-8-15(14)23-19(18)24-32(28,29)13-9-10-16-17(11-13)31-21(27)25(16)3/h5-11,22H,4H2,1-3H3,(H,23,24). The van der Waals surface area contributed by atoms with Crippen LogP contribution in [0.3, 0.4) is 0 Å². The van der Waals surface area contributed by atoms with E-state index in [-0.39, 0.29) is 28.5 Å². The number of ether oxygens (including phenoxy) is 1. The molecule has 32 heavy (non-hydrogen) atoms. The molecule has 0 amide bonds. The van der Waals surface area contributed by atoms with Gasteiger partial charge in [0, 0.05) is 18.8 Å². The van der Waals surface area contributed by atoms with E-state index >= 15 is 0 Å². The predicted octanol–water partition coefficient (Wildman–Crippen LogP) is 2.59. The van der Waals surface area contributed by atoms with Crippen molar-refractivity contribution >= 4 is 44.3 Å². The summed E-state index contributed by atoms with van der Waals surface area (Å²) in [6.45, 7) is 3.38. The minimum Gasteiger partial charge on any atom is -0.462 e. The number of amidine groups is 1. The van der Waals surface area contributed by atoms with Crippen LogP contribution in [0, 0.1) is 0 Å². The summed E-state index contributed by atoms with van der Waals surface area (Å²) < 4.78 is 41.7. The third kappa shape index (κ3) is 3.78. The molecule has 166 valence electrons. The number of para-hydroxylation sites is 2. The van der Waals surface area contributed by atoms with Crippen LogP contribution in [-0.4, -0.2) is 31.4 Å². The number of carbonyl (C=O) groups excluding carboxylic acids is 1. The summed E-state index contributed by atoms with van der Waals surface area (Å²) in [5.41, 5.74) is 2.05. The van der Waals surface area contributed by atoms with Gasteiger partial charge in [0.2, 0.25) is 0 Å². The van der Waals surface area contributed by atoms with Crippen molar-refractivity contribution in [1.82, 2.24) is 4.57 Å². The number of allylic oxidation sites excluding steroid dienone is 1. The summed E-state index contributed by atoms with van der Waals surface area (Å²) in [5, 5.41) is 6.02. The Kier molecular flexibility index (Phi) is 5.35. The summed E-state index contributed by atoms with van der Waals surface area (Å²) in [4.78, 5) is 24.2. The third-order valence-corrected chi connectivity index (χ3v) is 6.14. The SMILES string of the molecule is CCOC(=O)C1=C(C)Nc2ccccc2N/C1=N/S(=O)(=O)c1ccc2c(c1)oc(=O)n2C. The van der Waals surface area contributed by atoms with E-state index in [4.69, 9.17) is 9.15 Å². The number of sulfonamides is 1. The molecule has 1 aromatic heterocycles. The van der Waals surface area contributed by atoms with Crippen LogP contribution in [0.2, 0.25) is 0 Å². The molecule has 0 radical (unpaired) electrons. The molecule has 0 saturated heterocycles. The highest BCUT2D eigenvalue weighted by atomic mass is 32.2. The highest BCUT2D eigenvalue weighted by molar-refractivity contribution is 7.90. The van der Waals surface area contributed by atoms with Crippen molar-refractivity contribution in [1.29, 1.82) is 0 Å².